The molecular weight excluding hydrogens is 352 g/mol. The van der Waals surface area contributed by atoms with Crippen molar-refractivity contribution >= 4 is 29.6 Å². The van der Waals surface area contributed by atoms with E-state index in [4.69, 9.17) is 14.6 Å². The Bertz CT molecular complexity index is 814. The third kappa shape index (κ3) is 5.39. The summed E-state index contributed by atoms with van der Waals surface area (Å²) in [5.41, 5.74) is 2.12. The van der Waals surface area contributed by atoms with Gasteiger partial charge in [-0.1, -0.05) is 18.2 Å². The predicted octanol–water partition coefficient (Wildman–Crippen LogP) is 3.92. The number of aliphatic carboxylic acids is 1. The highest BCUT2D eigenvalue weighted by Crippen LogP contribution is 2.25. The van der Waals surface area contributed by atoms with E-state index in [9.17, 15) is 9.59 Å². The number of allylic oxidation sites excluding steroid dienone is 1. The minimum Gasteiger partial charge on any atom is -0.496 e. The zero-order valence-electron chi connectivity index (χ0n) is 14.6. The highest BCUT2D eigenvalue weighted by Gasteiger charge is 2.10. The van der Waals surface area contributed by atoms with Crippen molar-refractivity contribution in [1.29, 1.82) is 0 Å². The zero-order valence-corrected chi connectivity index (χ0v) is 15.4. The summed E-state index contributed by atoms with van der Waals surface area (Å²) >= 11 is 1.25. The van der Waals surface area contributed by atoms with Gasteiger partial charge in [0.2, 0.25) is 0 Å². The van der Waals surface area contributed by atoms with Gasteiger partial charge in [-0.15, -0.1) is 11.8 Å². The van der Waals surface area contributed by atoms with Crippen molar-refractivity contribution in [1.82, 2.24) is 0 Å². The maximum absolute atomic E-state index is 12.5. The molecule has 0 amide bonds. The lowest BCUT2D eigenvalue weighted by Crippen LogP contribution is -2.01. The fourth-order valence-corrected chi connectivity index (χ4v) is 3.08. The van der Waals surface area contributed by atoms with E-state index in [2.05, 4.69) is 0 Å². The van der Waals surface area contributed by atoms with Gasteiger partial charge in [-0.3, -0.25) is 9.59 Å². The Morgan fingerprint density at radius 2 is 1.81 bits per heavy atom. The number of para-hydroxylation sites is 1. The van der Waals surface area contributed by atoms with Gasteiger partial charge in [0.15, 0.2) is 5.78 Å². The Labute approximate surface area is 156 Å². The molecule has 2 aromatic carbocycles. The van der Waals surface area contributed by atoms with E-state index in [1.165, 1.54) is 17.8 Å². The van der Waals surface area contributed by atoms with E-state index >= 15 is 0 Å². The third-order valence-electron chi connectivity index (χ3n) is 3.60. The maximum Gasteiger partial charge on any atom is 0.313 e. The Morgan fingerprint density at radius 3 is 2.50 bits per heavy atom. The standard InChI is InChI=1S/C20H20O5S/c1-24-18-6-4-3-5-14(18)7-9-17(21)15-8-10-19(25-2)16(11-15)12-26-13-20(22)23/h3-11H,12-13H2,1-2H3,(H,22,23). The number of hydrogen-bond acceptors (Lipinski definition) is 5. The smallest absolute Gasteiger partial charge is 0.313 e. The molecule has 0 fully saturated rings. The first-order valence-electron chi connectivity index (χ1n) is 7.87. The highest BCUT2D eigenvalue weighted by atomic mass is 32.2. The van der Waals surface area contributed by atoms with Crippen LogP contribution in [-0.4, -0.2) is 36.8 Å². The molecule has 0 unspecified atom stereocenters. The van der Waals surface area contributed by atoms with E-state index in [1.807, 2.05) is 24.3 Å². The van der Waals surface area contributed by atoms with Crippen molar-refractivity contribution in [2.24, 2.45) is 0 Å². The largest absolute Gasteiger partial charge is 0.496 e. The summed E-state index contributed by atoms with van der Waals surface area (Å²) in [4.78, 5) is 23.1. The normalized spacial score (nSPS) is 10.7. The number of carbonyl (C=O) groups is 2. The van der Waals surface area contributed by atoms with Crippen LogP contribution in [0.3, 0.4) is 0 Å². The molecule has 0 aromatic heterocycles. The highest BCUT2D eigenvalue weighted by molar-refractivity contribution is 7.99. The summed E-state index contributed by atoms with van der Waals surface area (Å²) in [7, 11) is 3.13. The van der Waals surface area contributed by atoms with Crippen LogP contribution in [0.1, 0.15) is 21.5 Å². The number of benzene rings is 2. The van der Waals surface area contributed by atoms with Crippen LogP contribution in [-0.2, 0) is 10.5 Å². The third-order valence-corrected chi connectivity index (χ3v) is 4.57. The van der Waals surface area contributed by atoms with Crippen LogP contribution in [0.4, 0.5) is 0 Å². The van der Waals surface area contributed by atoms with Crippen LogP contribution < -0.4 is 9.47 Å². The van der Waals surface area contributed by atoms with Crippen molar-refractivity contribution in [3.8, 4) is 11.5 Å². The van der Waals surface area contributed by atoms with Crippen LogP contribution in [0.25, 0.3) is 6.08 Å². The van der Waals surface area contributed by atoms with E-state index < -0.39 is 5.97 Å². The Morgan fingerprint density at radius 1 is 1.08 bits per heavy atom. The van der Waals surface area contributed by atoms with Crippen molar-refractivity contribution < 1.29 is 24.2 Å². The van der Waals surface area contributed by atoms with Gasteiger partial charge in [0, 0.05) is 22.4 Å². The molecule has 5 nitrogen and oxygen atoms in total. The monoisotopic (exact) mass is 372 g/mol. The minimum atomic E-state index is -0.874. The molecule has 0 aliphatic rings. The molecule has 0 heterocycles. The van der Waals surface area contributed by atoms with Crippen LogP contribution in [0.15, 0.2) is 48.5 Å². The fraction of sp³-hybridized carbons (Fsp3) is 0.200. The lowest BCUT2D eigenvalue weighted by molar-refractivity contribution is -0.133. The second-order valence-electron chi connectivity index (χ2n) is 5.35. The Balaban J connectivity index is 2.17. The van der Waals surface area contributed by atoms with Gasteiger partial charge in [-0.05, 0) is 36.4 Å². The van der Waals surface area contributed by atoms with Gasteiger partial charge in [-0.25, -0.2) is 0 Å². The number of carboxylic acids is 1. The Kier molecular flexibility index (Phi) is 7.29. The van der Waals surface area contributed by atoms with Crippen molar-refractivity contribution in [2.45, 2.75) is 5.75 Å². The predicted molar refractivity (Wildman–Crippen MR) is 103 cm³/mol. The number of carboxylic acid groups (broad SMARTS) is 1. The van der Waals surface area contributed by atoms with Crippen molar-refractivity contribution in [2.75, 3.05) is 20.0 Å². The molecule has 2 aromatic rings. The second-order valence-corrected chi connectivity index (χ2v) is 6.34. The molecule has 0 aliphatic heterocycles. The number of thioether (sulfide) groups is 1. The van der Waals surface area contributed by atoms with Gasteiger partial charge in [0.25, 0.3) is 0 Å². The molecule has 0 bridgehead atoms. The van der Waals surface area contributed by atoms with Gasteiger partial charge < -0.3 is 14.6 Å². The summed E-state index contributed by atoms with van der Waals surface area (Å²) in [5.74, 6) is 0.746. The minimum absolute atomic E-state index is 0.00493. The molecule has 1 N–H and O–H groups in total. The number of methoxy groups -OCH3 is 2. The number of ketones is 1. The number of ether oxygens (including phenoxy) is 2. The topological polar surface area (TPSA) is 72.8 Å². The van der Waals surface area contributed by atoms with Gasteiger partial charge in [0.05, 0.1) is 20.0 Å². The lowest BCUT2D eigenvalue weighted by Gasteiger charge is -2.09. The average Bonchev–Trinajstić information content (AvgIpc) is 2.65. The average molecular weight is 372 g/mol. The fourth-order valence-electron chi connectivity index (χ4n) is 2.36. The van der Waals surface area contributed by atoms with Crippen molar-refractivity contribution in [3.05, 3.63) is 65.2 Å². The molecular formula is C20H20O5S. The molecule has 26 heavy (non-hydrogen) atoms. The Hall–Kier alpha value is -2.73. The van der Waals surface area contributed by atoms with Crippen molar-refractivity contribution in [3.63, 3.8) is 0 Å². The first kappa shape index (κ1) is 19.6. The van der Waals surface area contributed by atoms with Crippen LogP contribution >= 0.6 is 11.8 Å². The van der Waals surface area contributed by atoms with E-state index in [0.29, 0.717) is 22.8 Å². The molecule has 0 saturated carbocycles. The van der Waals surface area contributed by atoms with Gasteiger partial charge >= 0.3 is 5.97 Å². The summed E-state index contributed by atoms with van der Waals surface area (Å²) in [5, 5.41) is 8.76. The lowest BCUT2D eigenvalue weighted by atomic mass is 10.1. The number of carbonyl (C=O) groups excluding carboxylic acids is 1. The van der Waals surface area contributed by atoms with E-state index in [-0.39, 0.29) is 11.5 Å². The number of hydrogen-bond donors (Lipinski definition) is 1. The molecule has 6 heteroatoms. The molecule has 0 spiro atoms. The molecule has 136 valence electrons. The second kappa shape index (κ2) is 9.68. The summed E-state index contributed by atoms with van der Waals surface area (Å²) in [6, 6.07) is 12.6. The van der Waals surface area contributed by atoms with Crippen LogP contribution in [0.5, 0.6) is 11.5 Å². The first-order chi connectivity index (χ1) is 12.5. The summed E-state index contributed by atoms with van der Waals surface area (Å²) < 4.78 is 10.6. The maximum atomic E-state index is 12.5. The molecule has 2 rings (SSSR count). The quantitative estimate of drug-likeness (QED) is 0.531. The van der Waals surface area contributed by atoms with Crippen LogP contribution in [0.2, 0.25) is 0 Å². The number of rotatable bonds is 9. The zero-order chi connectivity index (χ0) is 18.9. The van der Waals surface area contributed by atoms with Gasteiger partial charge in [0.1, 0.15) is 11.5 Å². The SMILES string of the molecule is COc1ccccc1C=CC(=O)c1ccc(OC)c(CSCC(=O)O)c1. The molecule has 0 aliphatic carbocycles. The summed E-state index contributed by atoms with van der Waals surface area (Å²) in [6.45, 7) is 0. The molecule has 0 radical (unpaired) electrons. The van der Waals surface area contributed by atoms with E-state index in [0.717, 1.165) is 11.1 Å². The van der Waals surface area contributed by atoms with Crippen LogP contribution in [0, 0.1) is 0 Å². The van der Waals surface area contributed by atoms with Gasteiger partial charge in [-0.2, -0.15) is 0 Å². The first-order valence-corrected chi connectivity index (χ1v) is 9.02. The molecule has 0 atom stereocenters. The summed E-state index contributed by atoms with van der Waals surface area (Å²) in [6.07, 6.45) is 3.21. The van der Waals surface area contributed by atoms with E-state index in [1.54, 1.807) is 38.5 Å². The molecule has 0 saturated heterocycles.